The molecule has 1 aliphatic heterocycles. The number of benzene rings is 2. The zero-order valence-corrected chi connectivity index (χ0v) is 17.3. The number of aromatic nitrogens is 2. The molecule has 2 aromatic carbocycles. The standard InChI is InChI=1S/C20H20ClFN4O2.ClH/c1-27-17-8-16-13(7-18(17)28-10-12-5-6-23-9-12)20(25-11-24-16)26-15-4-2-3-14(21)19(15)22;/h2-4,7-8,11-12,23H,5-6,9-10H2,1H3,(H,24,25,26);1H. The van der Waals surface area contributed by atoms with Crippen LogP contribution in [0.25, 0.3) is 10.9 Å². The molecule has 0 amide bonds. The lowest BCUT2D eigenvalue weighted by atomic mass is 10.1. The molecule has 1 atom stereocenters. The number of nitrogens with zero attached hydrogens (tertiary/aromatic N) is 2. The van der Waals surface area contributed by atoms with Crippen LogP contribution in [0.15, 0.2) is 36.7 Å². The van der Waals surface area contributed by atoms with Crippen LogP contribution in [-0.2, 0) is 0 Å². The Morgan fingerprint density at radius 3 is 2.90 bits per heavy atom. The number of ether oxygens (including phenoxy) is 2. The molecule has 4 rings (SSSR count). The van der Waals surface area contributed by atoms with E-state index in [2.05, 4.69) is 20.6 Å². The zero-order valence-electron chi connectivity index (χ0n) is 15.7. The highest BCUT2D eigenvalue weighted by Gasteiger charge is 2.18. The maximum Gasteiger partial charge on any atom is 0.165 e. The first-order chi connectivity index (χ1) is 13.7. The summed E-state index contributed by atoms with van der Waals surface area (Å²) in [5, 5.41) is 7.06. The van der Waals surface area contributed by atoms with E-state index in [1.807, 2.05) is 6.07 Å². The predicted molar refractivity (Wildman–Crippen MR) is 115 cm³/mol. The first kappa shape index (κ1) is 21.4. The molecule has 0 radical (unpaired) electrons. The predicted octanol–water partition coefficient (Wildman–Crippen LogP) is 4.58. The van der Waals surface area contributed by atoms with E-state index < -0.39 is 5.82 Å². The van der Waals surface area contributed by atoms with Crippen LogP contribution in [0.1, 0.15) is 6.42 Å². The van der Waals surface area contributed by atoms with Crippen LogP contribution in [0.2, 0.25) is 5.02 Å². The molecule has 0 aliphatic carbocycles. The van der Waals surface area contributed by atoms with Gasteiger partial charge in [-0.1, -0.05) is 17.7 Å². The van der Waals surface area contributed by atoms with Gasteiger partial charge in [-0.05, 0) is 31.2 Å². The summed E-state index contributed by atoms with van der Waals surface area (Å²) >= 11 is 5.88. The Kier molecular flexibility index (Phi) is 6.95. The maximum absolute atomic E-state index is 14.3. The van der Waals surface area contributed by atoms with Gasteiger partial charge in [-0.15, -0.1) is 12.4 Å². The molecular weight excluding hydrogens is 418 g/mol. The summed E-state index contributed by atoms with van der Waals surface area (Å²) in [5.74, 6) is 1.59. The lowest BCUT2D eigenvalue weighted by Gasteiger charge is -2.16. The third kappa shape index (κ3) is 4.63. The fourth-order valence-corrected chi connectivity index (χ4v) is 3.40. The molecule has 1 aromatic heterocycles. The van der Waals surface area contributed by atoms with Gasteiger partial charge in [0.25, 0.3) is 0 Å². The van der Waals surface area contributed by atoms with Crippen LogP contribution in [-0.4, -0.2) is 36.8 Å². The lowest BCUT2D eigenvalue weighted by molar-refractivity contribution is 0.248. The Labute approximate surface area is 179 Å². The minimum atomic E-state index is -0.533. The van der Waals surface area contributed by atoms with Gasteiger partial charge in [0.15, 0.2) is 17.3 Å². The molecule has 1 aliphatic rings. The number of rotatable bonds is 6. The van der Waals surface area contributed by atoms with Crippen molar-refractivity contribution in [2.75, 3.05) is 32.1 Å². The van der Waals surface area contributed by atoms with Gasteiger partial charge >= 0.3 is 0 Å². The van der Waals surface area contributed by atoms with E-state index in [-0.39, 0.29) is 23.1 Å². The van der Waals surface area contributed by atoms with Crippen LogP contribution in [0.5, 0.6) is 11.5 Å². The largest absolute Gasteiger partial charge is 0.493 e. The smallest absolute Gasteiger partial charge is 0.165 e. The molecule has 1 fully saturated rings. The highest BCUT2D eigenvalue weighted by Crippen LogP contribution is 2.35. The topological polar surface area (TPSA) is 68.3 Å². The van der Waals surface area contributed by atoms with Crippen molar-refractivity contribution >= 4 is 46.4 Å². The average molecular weight is 439 g/mol. The van der Waals surface area contributed by atoms with Gasteiger partial charge in [-0.3, -0.25) is 0 Å². The highest BCUT2D eigenvalue weighted by atomic mass is 35.5. The van der Waals surface area contributed by atoms with E-state index in [1.165, 1.54) is 12.4 Å². The summed E-state index contributed by atoms with van der Waals surface area (Å²) in [5.41, 5.74) is 0.898. The van der Waals surface area contributed by atoms with Crippen molar-refractivity contribution in [3.05, 3.63) is 47.5 Å². The van der Waals surface area contributed by atoms with Crippen molar-refractivity contribution in [3.8, 4) is 11.5 Å². The molecule has 1 unspecified atom stereocenters. The van der Waals surface area contributed by atoms with E-state index in [0.29, 0.717) is 40.7 Å². The van der Waals surface area contributed by atoms with Gasteiger partial charge in [-0.25, -0.2) is 14.4 Å². The summed E-state index contributed by atoms with van der Waals surface area (Å²) in [4.78, 5) is 8.56. The Morgan fingerprint density at radius 2 is 2.14 bits per heavy atom. The molecule has 154 valence electrons. The van der Waals surface area contributed by atoms with Crippen molar-refractivity contribution < 1.29 is 13.9 Å². The molecular formula is C20H21Cl2FN4O2. The van der Waals surface area contributed by atoms with Gasteiger partial charge < -0.3 is 20.1 Å². The van der Waals surface area contributed by atoms with E-state index in [0.717, 1.165) is 19.5 Å². The van der Waals surface area contributed by atoms with Gasteiger partial charge in [0.05, 0.1) is 29.9 Å². The van der Waals surface area contributed by atoms with Gasteiger partial charge in [0.2, 0.25) is 0 Å². The summed E-state index contributed by atoms with van der Waals surface area (Å²) in [6.07, 6.45) is 2.50. The van der Waals surface area contributed by atoms with Crippen LogP contribution < -0.4 is 20.1 Å². The monoisotopic (exact) mass is 438 g/mol. The van der Waals surface area contributed by atoms with Gasteiger partial charge in [0, 0.05) is 23.9 Å². The van der Waals surface area contributed by atoms with Crippen LogP contribution >= 0.6 is 24.0 Å². The molecule has 3 aromatic rings. The molecule has 2 N–H and O–H groups in total. The Morgan fingerprint density at radius 1 is 1.28 bits per heavy atom. The normalized spacial score (nSPS) is 15.8. The Balaban J connectivity index is 0.00000240. The fraction of sp³-hybridized carbons (Fsp3) is 0.300. The van der Waals surface area contributed by atoms with Crippen molar-refractivity contribution in [2.45, 2.75) is 6.42 Å². The van der Waals surface area contributed by atoms with Crippen molar-refractivity contribution in [2.24, 2.45) is 5.92 Å². The average Bonchev–Trinajstić information content (AvgIpc) is 3.23. The third-order valence-electron chi connectivity index (χ3n) is 4.76. The van der Waals surface area contributed by atoms with E-state index >= 15 is 0 Å². The zero-order chi connectivity index (χ0) is 19.5. The second-order valence-corrected chi connectivity index (χ2v) is 7.05. The molecule has 0 saturated carbocycles. The minimum absolute atomic E-state index is 0. The van der Waals surface area contributed by atoms with Crippen molar-refractivity contribution in [1.82, 2.24) is 15.3 Å². The van der Waals surface area contributed by atoms with Crippen LogP contribution in [0.3, 0.4) is 0 Å². The molecule has 1 saturated heterocycles. The number of hydrogen-bond acceptors (Lipinski definition) is 6. The van der Waals surface area contributed by atoms with E-state index in [1.54, 1.807) is 25.3 Å². The first-order valence-corrected chi connectivity index (χ1v) is 9.41. The third-order valence-corrected chi connectivity index (χ3v) is 5.05. The number of methoxy groups -OCH3 is 1. The Bertz CT molecular complexity index is 1000. The van der Waals surface area contributed by atoms with Gasteiger partial charge in [0.1, 0.15) is 12.1 Å². The number of anilines is 2. The molecule has 9 heteroatoms. The quantitative estimate of drug-likeness (QED) is 0.586. The molecule has 6 nitrogen and oxygen atoms in total. The number of hydrogen-bond donors (Lipinski definition) is 2. The minimum Gasteiger partial charge on any atom is -0.493 e. The van der Waals surface area contributed by atoms with Crippen LogP contribution in [0, 0.1) is 11.7 Å². The number of fused-ring (bicyclic) bond motifs is 1. The van der Waals surface area contributed by atoms with Crippen molar-refractivity contribution in [3.63, 3.8) is 0 Å². The summed E-state index contributed by atoms with van der Waals surface area (Å²) in [6, 6.07) is 8.38. The molecule has 0 spiro atoms. The Hall–Kier alpha value is -2.35. The second kappa shape index (κ2) is 9.43. The van der Waals surface area contributed by atoms with E-state index in [4.69, 9.17) is 21.1 Å². The summed E-state index contributed by atoms with van der Waals surface area (Å²) in [7, 11) is 1.59. The maximum atomic E-state index is 14.3. The summed E-state index contributed by atoms with van der Waals surface area (Å²) in [6.45, 7) is 2.55. The van der Waals surface area contributed by atoms with Gasteiger partial charge in [-0.2, -0.15) is 0 Å². The lowest BCUT2D eigenvalue weighted by Crippen LogP contribution is -2.15. The molecule has 0 bridgehead atoms. The number of halogens is 3. The summed E-state index contributed by atoms with van der Waals surface area (Å²) < 4.78 is 25.8. The van der Waals surface area contributed by atoms with Crippen molar-refractivity contribution in [1.29, 1.82) is 0 Å². The van der Waals surface area contributed by atoms with Crippen LogP contribution in [0.4, 0.5) is 15.9 Å². The fourth-order valence-electron chi connectivity index (χ4n) is 3.23. The van der Waals surface area contributed by atoms with E-state index in [9.17, 15) is 4.39 Å². The molecule has 29 heavy (non-hydrogen) atoms. The SMILES string of the molecule is COc1cc2ncnc(Nc3cccc(Cl)c3F)c2cc1OCC1CCNC1.Cl. The second-order valence-electron chi connectivity index (χ2n) is 6.64. The number of nitrogens with one attached hydrogen (secondary N) is 2. The first-order valence-electron chi connectivity index (χ1n) is 9.03. The molecule has 2 heterocycles. The highest BCUT2D eigenvalue weighted by molar-refractivity contribution is 6.31.